The second-order valence-corrected chi connectivity index (χ2v) is 5.18. The number of benzene rings is 1. The van der Waals surface area contributed by atoms with Gasteiger partial charge in [0.1, 0.15) is 5.82 Å². The van der Waals surface area contributed by atoms with Crippen molar-refractivity contribution in [1.29, 1.82) is 0 Å². The molecule has 1 aliphatic rings. The van der Waals surface area contributed by atoms with E-state index in [4.69, 9.17) is 18.0 Å². The van der Waals surface area contributed by atoms with E-state index in [-0.39, 0.29) is 0 Å². The molecule has 1 fully saturated rings. The van der Waals surface area contributed by atoms with Crippen molar-refractivity contribution in [3.05, 3.63) is 30.1 Å². The number of nitrogens with one attached hydrogen (secondary N) is 2. The van der Waals surface area contributed by atoms with Crippen LogP contribution < -0.4 is 16.4 Å². The topological polar surface area (TPSA) is 67.1 Å². The number of rotatable bonds is 3. The first-order valence-electron chi connectivity index (χ1n) is 6.16. The Morgan fingerprint density at radius 1 is 1.37 bits per heavy atom. The Balaban J connectivity index is 2.02. The predicted molar refractivity (Wildman–Crippen MR) is 76.5 cm³/mol. The summed E-state index contributed by atoms with van der Waals surface area (Å²) in [5.41, 5.74) is 5.52. The maximum Gasteiger partial charge on any atom is 0.320 e. The van der Waals surface area contributed by atoms with Gasteiger partial charge in [-0.2, -0.15) is 0 Å². The fourth-order valence-corrected chi connectivity index (χ4v) is 2.61. The maximum absolute atomic E-state index is 13.0. The molecule has 0 radical (unpaired) electrons. The van der Waals surface area contributed by atoms with Crippen LogP contribution in [0, 0.1) is 5.82 Å². The van der Waals surface area contributed by atoms with Gasteiger partial charge in [-0.05, 0) is 31.0 Å². The molecule has 1 saturated carbocycles. The van der Waals surface area contributed by atoms with Gasteiger partial charge in [0.25, 0.3) is 0 Å². The van der Waals surface area contributed by atoms with Crippen molar-refractivity contribution in [2.45, 2.75) is 31.2 Å². The summed E-state index contributed by atoms with van der Waals surface area (Å²) >= 11 is 5.05. The van der Waals surface area contributed by atoms with Crippen molar-refractivity contribution < 1.29 is 9.18 Å². The smallest absolute Gasteiger partial charge is 0.320 e. The molecule has 0 aliphatic heterocycles. The lowest BCUT2D eigenvalue weighted by Gasteiger charge is -2.29. The zero-order chi connectivity index (χ0) is 13.9. The number of amides is 2. The fraction of sp³-hybridized carbons (Fsp3) is 0.385. The van der Waals surface area contributed by atoms with Gasteiger partial charge in [0.05, 0.1) is 10.5 Å². The molecular formula is C13H16FN3OS. The lowest BCUT2D eigenvalue weighted by molar-refractivity contribution is 0.245. The van der Waals surface area contributed by atoms with Crippen molar-refractivity contribution >= 4 is 28.9 Å². The Bertz CT molecular complexity index is 500. The molecule has 19 heavy (non-hydrogen) atoms. The zero-order valence-corrected chi connectivity index (χ0v) is 11.2. The lowest BCUT2D eigenvalue weighted by atomic mass is 9.98. The second-order valence-electron chi connectivity index (χ2n) is 4.74. The maximum atomic E-state index is 13.0. The van der Waals surface area contributed by atoms with Gasteiger partial charge in [-0.1, -0.05) is 31.1 Å². The summed E-state index contributed by atoms with van der Waals surface area (Å²) in [4.78, 5) is 12.2. The van der Waals surface area contributed by atoms with Crippen molar-refractivity contribution in [2.75, 3.05) is 5.32 Å². The van der Waals surface area contributed by atoms with Crippen molar-refractivity contribution in [1.82, 2.24) is 5.32 Å². The number of nitrogens with two attached hydrogens (primary N) is 1. The number of carbonyl (C=O) groups excluding carboxylic acids is 1. The van der Waals surface area contributed by atoms with Gasteiger partial charge in [0, 0.05) is 5.69 Å². The van der Waals surface area contributed by atoms with E-state index in [1.54, 1.807) is 6.07 Å². The van der Waals surface area contributed by atoms with Gasteiger partial charge in [-0.15, -0.1) is 0 Å². The van der Waals surface area contributed by atoms with Gasteiger partial charge in [-0.25, -0.2) is 9.18 Å². The van der Waals surface area contributed by atoms with E-state index in [1.807, 2.05) is 0 Å². The molecule has 1 aromatic rings. The summed E-state index contributed by atoms with van der Waals surface area (Å²) in [5, 5.41) is 5.41. The van der Waals surface area contributed by atoms with Crippen LogP contribution in [0.5, 0.6) is 0 Å². The second kappa shape index (κ2) is 5.52. The molecule has 6 heteroatoms. The first kappa shape index (κ1) is 13.7. The quantitative estimate of drug-likeness (QED) is 0.746. The van der Waals surface area contributed by atoms with Crippen LogP contribution in [0.4, 0.5) is 14.9 Å². The van der Waals surface area contributed by atoms with Crippen LogP contribution in [0.25, 0.3) is 0 Å². The highest BCUT2D eigenvalue weighted by Crippen LogP contribution is 2.30. The highest BCUT2D eigenvalue weighted by Gasteiger charge is 2.38. The van der Waals surface area contributed by atoms with E-state index in [0.717, 1.165) is 25.7 Å². The number of anilines is 1. The number of hydrogen-bond donors (Lipinski definition) is 3. The third-order valence-corrected chi connectivity index (χ3v) is 3.75. The van der Waals surface area contributed by atoms with Crippen LogP contribution in [-0.4, -0.2) is 16.6 Å². The molecule has 0 spiro atoms. The SMILES string of the molecule is NC(=S)C1(NC(=O)Nc2cccc(F)c2)CCCC1. The number of halogens is 1. The first-order chi connectivity index (χ1) is 9.02. The fourth-order valence-electron chi connectivity index (χ4n) is 2.36. The molecule has 1 aromatic carbocycles. The molecule has 0 heterocycles. The van der Waals surface area contributed by atoms with Crippen LogP contribution in [0.1, 0.15) is 25.7 Å². The third kappa shape index (κ3) is 3.20. The highest BCUT2D eigenvalue weighted by molar-refractivity contribution is 7.80. The molecule has 0 atom stereocenters. The molecule has 0 aromatic heterocycles. The molecule has 1 aliphatic carbocycles. The van der Waals surface area contributed by atoms with Gasteiger partial charge in [0.15, 0.2) is 0 Å². The Labute approximate surface area is 116 Å². The summed E-state index contributed by atoms with van der Waals surface area (Å²) in [6.07, 6.45) is 3.47. The molecule has 0 saturated heterocycles. The van der Waals surface area contributed by atoms with Gasteiger partial charge >= 0.3 is 6.03 Å². The standard InChI is InChI=1S/C13H16FN3OS/c14-9-4-3-5-10(8-9)16-12(18)17-13(11(15)19)6-1-2-7-13/h3-5,8H,1-2,6-7H2,(H2,15,19)(H2,16,17,18). The third-order valence-electron chi connectivity index (χ3n) is 3.36. The number of urea groups is 1. The van der Waals surface area contributed by atoms with Crippen molar-refractivity contribution in [3.8, 4) is 0 Å². The van der Waals surface area contributed by atoms with E-state index < -0.39 is 17.4 Å². The van der Waals surface area contributed by atoms with Gasteiger partial charge in [0.2, 0.25) is 0 Å². The Hall–Kier alpha value is -1.69. The molecule has 0 unspecified atom stereocenters. The number of thiocarbonyl (C=S) groups is 1. The van der Waals surface area contributed by atoms with Crippen molar-refractivity contribution in [2.24, 2.45) is 5.73 Å². The minimum absolute atomic E-state index is 0.305. The first-order valence-corrected chi connectivity index (χ1v) is 6.57. The van der Waals surface area contributed by atoms with Gasteiger partial charge in [-0.3, -0.25) is 0 Å². The van der Waals surface area contributed by atoms with E-state index in [9.17, 15) is 9.18 Å². The molecule has 2 amide bonds. The Kier molecular flexibility index (Phi) is 3.99. The van der Waals surface area contributed by atoms with Crippen LogP contribution >= 0.6 is 12.2 Å². The van der Waals surface area contributed by atoms with Crippen LogP contribution in [0.2, 0.25) is 0 Å². The highest BCUT2D eigenvalue weighted by atomic mass is 32.1. The van der Waals surface area contributed by atoms with E-state index in [0.29, 0.717) is 10.7 Å². The summed E-state index contributed by atoms with van der Waals surface area (Å²) in [5.74, 6) is -0.400. The normalized spacial score (nSPS) is 16.9. The molecule has 2 rings (SSSR count). The molecule has 0 bridgehead atoms. The molecule has 102 valence electrons. The summed E-state index contributed by atoms with van der Waals surface area (Å²) < 4.78 is 13.0. The summed E-state index contributed by atoms with van der Waals surface area (Å²) in [7, 11) is 0. The van der Waals surface area contributed by atoms with Crippen LogP contribution in [0.3, 0.4) is 0 Å². The van der Waals surface area contributed by atoms with Crippen molar-refractivity contribution in [3.63, 3.8) is 0 Å². The Morgan fingerprint density at radius 2 is 2.05 bits per heavy atom. The van der Waals surface area contributed by atoms with E-state index in [2.05, 4.69) is 10.6 Å². The van der Waals surface area contributed by atoms with Gasteiger partial charge < -0.3 is 16.4 Å². The zero-order valence-electron chi connectivity index (χ0n) is 10.4. The monoisotopic (exact) mass is 281 g/mol. The molecule has 4 nitrogen and oxygen atoms in total. The largest absolute Gasteiger partial charge is 0.391 e. The average Bonchev–Trinajstić information content (AvgIpc) is 2.78. The van der Waals surface area contributed by atoms with E-state index >= 15 is 0 Å². The average molecular weight is 281 g/mol. The van der Waals surface area contributed by atoms with E-state index in [1.165, 1.54) is 18.2 Å². The summed E-state index contributed by atoms with van der Waals surface area (Å²) in [6.45, 7) is 0. The van der Waals surface area contributed by atoms with Crippen LogP contribution in [0.15, 0.2) is 24.3 Å². The van der Waals surface area contributed by atoms with Crippen LogP contribution in [-0.2, 0) is 0 Å². The summed E-state index contributed by atoms with van der Waals surface area (Å²) in [6, 6.07) is 5.30. The Morgan fingerprint density at radius 3 is 2.63 bits per heavy atom. The molecular weight excluding hydrogens is 265 g/mol. The predicted octanol–water partition coefficient (Wildman–Crippen LogP) is 2.55. The number of hydrogen-bond acceptors (Lipinski definition) is 2. The number of carbonyl (C=O) groups is 1. The lowest BCUT2D eigenvalue weighted by Crippen LogP contribution is -2.55. The molecule has 4 N–H and O–H groups in total. The minimum atomic E-state index is -0.604. The minimum Gasteiger partial charge on any atom is -0.391 e.